The van der Waals surface area contributed by atoms with Gasteiger partial charge in [0.2, 0.25) is 0 Å². The number of anilines is 1. The molecule has 2 rings (SSSR count). The summed E-state index contributed by atoms with van der Waals surface area (Å²) in [5.74, 6) is 2.59. The lowest BCUT2D eigenvalue weighted by atomic mass is 9.83. The summed E-state index contributed by atoms with van der Waals surface area (Å²) in [5, 5.41) is 0.693. The largest absolute Gasteiger partial charge is 0.494 e. The first-order chi connectivity index (χ1) is 9.08. The second-order valence-electron chi connectivity index (χ2n) is 5.79. The van der Waals surface area contributed by atoms with Gasteiger partial charge < -0.3 is 10.5 Å². The minimum Gasteiger partial charge on any atom is -0.494 e. The van der Waals surface area contributed by atoms with Crippen molar-refractivity contribution in [1.82, 2.24) is 0 Å². The molecule has 2 atom stereocenters. The summed E-state index contributed by atoms with van der Waals surface area (Å²) < 4.78 is 5.56. The van der Waals surface area contributed by atoms with Gasteiger partial charge >= 0.3 is 0 Å². The lowest BCUT2D eigenvalue weighted by molar-refractivity contribution is 0.309. The molecule has 0 bridgehead atoms. The molecule has 1 aliphatic carbocycles. The third-order valence-electron chi connectivity index (χ3n) is 3.72. The Kier molecular flexibility index (Phi) is 5.03. The van der Waals surface area contributed by atoms with Crippen LogP contribution in [0.4, 0.5) is 5.69 Å². The molecule has 0 amide bonds. The Bertz CT molecular complexity index is 411. The van der Waals surface area contributed by atoms with E-state index < -0.39 is 0 Å². The van der Waals surface area contributed by atoms with Crippen LogP contribution in [0.25, 0.3) is 0 Å². The van der Waals surface area contributed by atoms with E-state index in [0.29, 0.717) is 11.9 Å². The van der Waals surface area contributed by atoms with E-state index in [2.05, 4.69) is 19.9 Å². The number of benzene rings is 1. The standard InChI is InChI=1S/C16H25NOS/c1-4-18-13-5-6-15(17)16(10-13)19-14-8-11(2)7-12(3)9-14/h5-6,10-12,14H,4,7-9,17H2,1-3H3. The predicted molar refractivity (Wildman–Crippen MR) is 83.8 cm³/mol. The quantitative estimate of drug-likeness (QED) is 0.819. The molecule has 19 heavy (non-hydrogen) atoms. The Morgan fingerprint density at radius 2 is 1.89 bits per heavy atom. The van der Waals surface area contributed by atoms with Crippen molar-refractivity contribution in [3.8, 4) is 5.75 Å². The van der Waals surface area contributed by atoms with E-state index in [9.17, 15) is 0 Å². The monoisotopic (exact) mass is 279 g/mol. The molecule has 0 spiro atoms. The van der Waals surface area contributed by atoms with Gasteiger partial charge in [-0.25, -0.2) is 0 Å². The maximum atomic E-state index is 6.10. The number of nitrogens with two attached hydrogens (primary N) is 1. The van der Waals surface area contributed by atoms with E-state index in [4.69, 9.17) is 10.5 Å². The number of nitrogen functional groups attached to an aromatic ring is 1. The van der Waals surface area contributed by atoms with Gasteiger partial charge in [-0.2, -0.15) is 0 Å². The van der Waals surface area contributed by atoms with Crippen LogP contribution in [0.5, 0.6) is 5.75 Å². The van der Waals surface area contributed by atoms with Gasteiger partial charge in [-0.1, -0.05) is 13.8 Å². The fraction of sp³-hybridized carbons (Fsp3) is 0.625. The van der Waals surface area contributed by atoms with E-state index in [0.717, 1.165) is 23.3 Å². The van der Waals surface area contributed by atoms with Crippen LogP contribution in [0.1, 0.15) is 40.0 Å². The molecule has 0 heterocycles. The Morgan fingerprint density at radius 1 is 1.21 bits per heavy atom. The second-order valence-corrected chi connectivity index (χ2v) is 7.13. The molecule has 1 saturated carbocycles. The summed E-state index contributed by atoms with van der Waals surface area (Å²) in [6.45, 7) is 7.44. The van der Waals surface area contributed by atoms with E-state index in [1.165, 1.54) is 24.2 Å². The minimum absolute atomic E-state index is 0.693. The van der Waals surface area contributed by atoms with Gasteiger partial charge in [-0.05, 0) is 56.2 Å². The summed E-state index contributed by atoms with van der Waals surface area (Å²) in [7, 11) is 0. The summed E-state index contributed by atoms with van der Waals surface area (Å²) in [6, 6.07) is 6.01. The van der Waals surface area contributed by atoms with Crippen molar-refractivity contribution in [3.05, 3.63) is 18.2 Å². The molecular weight excluding hydrogens is 254 g/mol. The molecule has 3 heteroatoms. The molecule has 0 aromatic heterocycles. The van der Waals surface area contributed by atoms with Gasteiger partial charge in [-0.3, -0.25) is 0 Å². The van der Waals surface area contributed by atoms with Crippen molar-refractivity contribution < 1.29 is 4.74 Å². The van der Waals surface area contributed by atoms with Gasteiger partial charge in [0.05, 0.1) is 6.61 Å². The zero-order chi connectivity index (χ0) is 13.8. The maximum absolute atomic E-state index is 6.10. The molecule has 1 fully saturated rings. The highest BCUT2D eigenvalue weighted by Crippen LogP contribution is 2.41. The van der Waals surface area contributed by atoms with E-state index in [1.807, 2.05) is 30.8 Å². The van der Waals surface area contributed by atoms with Crippen LogP contribution in [0.2, 0.25) is 0 Å². The van der Waals surface area contributed by atoms with Crippen LogP contribution in [0, 0.1) is 11.8 Å². The van der Waals surface area contributed by atoms with Crippen LogP contribution in [-0.2, 0) is 0 Å². The Hall–Kier alpha value is -0.830. The van der Waals surface area contributed by atoms with Crippen molar-refractivity contribution in [2.75, 3.05) is 12.3 Å². The topological polar surface area (TPSA) is 35.2 Å². The van der Waals surface area contributed by atoms with Crippen molar-refractivity contribution in [3.63, 3.8) is 0 Å². The van der Waals surface area contributed by atoms with Gasteiger partial charge in [-0.15, -0.1) is 11.8 Å². The van der Waals surface area contributed by atoms with Gasteiger partial charge in [0.25, 0.3) is 0 Å². The van der Waals surface area contributed by atoms with Gasteiger partial charge in [0.15, 0.2) is 0 Å². The third-order valence-corrected chi connectivity index (χ3v) is 5.05. The number of hydrogen-bond acceptors (Lipinski definition) is 3. The fourth-order valence-electron chi connectivity index (χ4n) is 3.02. The highest BCUT2D eigenvalue weighted by atomic mass is 32.2. The minimum atomic E-state index is 0.693. The molecular formula is C16H25NOS. The number of thioether (sulfide) groups is 1. The Morgan fingerprint density at radius 3 is 2.53 bits per heavy atom. The van der Waals surface area contributed by atoms with E-state index in [-0.39, 0.29) is 0 Å². The maximum Gasteiger partial charge on any atom is 0.120 e. The first-order valence-corrected chi connectivity index (χ1v) is 8.15. The zero-order valence-electron chi connectivity index (χ0n) is 12.2. The predicted octanol–water partition coefficient (Wildman–Crippen LogP) is 4.58. The zero-order valence-corrected chi connectivity index (χ0v) is 13.0. The number of rotatable bonds is 4. The molecule has 1 aliphatic rings. The SMILES string of the molecule is CCOc1ccc(N)c(SC2CC(C)CC(C)C2)c1. The molecule has 106 valence electrons. The van der Waals surface area contributed by atoms with E-state index in [1.54, 1.807) is 0 Å². The molecule has 2 nitrogen and oxygen atoms in total. The average molecular weight is 279 g/mol. The van der Waals surface area contributed by atoms with Crippen LogP contribution >= 0.6 is 11.8 Å². The third kappa shape index (κ3) is 4.07. The first-order valence-electron chi connectivity index (χ1n) is 7.27. The van der Waals surface area contributed by atoms with Crippen LogP contribution < -0.4 is 10.5 Å². The Labute approximate surface area is 121 Å². The highest BCUT2D eigenvalue weighted by Gasteiger charge is 2.25. The summed E-state index contributed by atoms with van der Waals surface area (Å²) in [5.41, 5.74) is 6.97. The molecule has 1 aromatic rings. The fourth-order valence-corrected chi connectivity index (χ4v) is 4.62. The van der Waals surface area contributed by atoms with Crippen LogP contribution in [-0.4, -0.2) is 11.9 Å². The molecule has 2 unspecified atom stereocenters. The number of ether oxygens (including phenoxy) is 1. The molecule has 0 aliphatic heterocycles. The van der Waals surface area contributed by atoms with Crippen LogP contribution in [0.15, 0.2) is 23.1 Å². The van der Waals surface area contributed by atoms with Crippen molar-refractivity contribution in [2.45, 2.75) is 50.2 Å². The highest BCUT2D eigenvalue weighted by molar-refractivity contribution is 8.00. The second kappa shape index (κ2) is 6.56. The lowest BCUT2D eigenvalue weighted by Crippen LogP contribution is -2.21. The first kappa shape index (κ1) is 14.6. The van der Waals surface area contributed by atoms with Crippen molar-refractivity contribution in [2.24, 2.45) is 11.8 Å². The molecule has 0 saturated heterocycles. The lowest BCUT2D eigenvalue weighted by Gasteiger charge is -2.31. The smallest absolute Gasteiger partial charge is 0.120 e. The Balaban J connectivity index is 2.07. The molecule has 0 radical (unpaired) electrons. The van der Waals surface area contributed by atoms with Crippen molar-refractivity contribution >= 4 is 17.4 Å². The summed E-state index contributed by atoms with van der Waals surface area (Å²) >= 11 is 1.93. The molecule has 2 N–H and O–H groups in total. The summed E-state index contributed by atoms with van der Waals surface area (Å²) in [6.07, 6.45) is 3.96. The van der Waals surface area contributed by atoms with Gasteiger partial charge in [0.1, 0.15) is 5.75 Å². The normalized spacial score (nSPS) is 27.2. The van der Waals surface area contributed by atoms with Gasteiger partial charge in [0, 0.05) is 15.8 Å². The van der Waals surface area contributed by atoms with Crippen molar-refractivity contribution in [1.29, 1.82) is 0 Å². The van der Waals surface area contributed by atoms with E-state index >= 15 is 0 Å². The average Bonchev–Trinajstić information content (AvgIpc) is 2.32. The molecule has 1 aromatic carbocycles. The van der Waals surface area contributed by atoms with Crippen LogP contribution in [0.3, 0.4) is 0 Å². The number of hydrogen-bond donors (Lipinski definition) is 1. The summed E-state index contributed by atoms with van der Waals surface area (Å²) in [4.78, 5) is 1.18.